The van der Waals surface area contributed by atoms with Crippen LogP contribution < -0.4 is 14.8 Å². The fourth-order valence-corrected chi connectivity index (χ4v) is 4.97. The van der Waals surface area contributed by atoms with Crippen LogP contribution in [-0.4, -0.2) is 70.0 Å². The van der Waals surface area contributed by atoms with Crippen LogP contribution in [0.3, 0.4) is 0 Å². The highest BCUT2D eigenvalue weighted by molar-refractivity contribution is 7.90. The van der Waals surface area contributed by atoms with Crippen molar-refractivity contribution in [1.29, 1.82) is 0 Å². The van der Waals surface area contributed by atoms with Gasteiger partial charge in [0.1, 0.15) is 9.84 Å². The number of sulfone groups is 1. The predicted molar refractivity (Wildman–Crippen MR) is 131 cm³/mol. The molecule has 3 rings (SSSR count). The monoisotopic (exact) mass is 509 g/mol. The molecule has 0 bridgehead atoms. The van der Waals surface area contributed by atoms with Crippen LogP contribution in [0.5, 0.6) is 11.5 Å². The zero-order valence-electron chi connectivity index (χ0n) is 19.7. The van der Waals surface area contributed by atoms with Crippen molar-refractivity contribution >= 4 is 39.1 Å². The van der Waals surface area contributed by atoms with Gasteiger partial charge < -0.3 is 24.6 Å². The van der Waals surface area contributed by atoms with Gasteiger partial charge in [-0.3, -0.25) is 4.79 Å². The highest BCUT2D eigenvalue weighted by Crippen LogP contribution is 2.40. The van der Waals surface area contributed by atoms with E-state index in [1.807, 2.05) is 6.92 Å². The van der Waals surface area contributed by atoms with Crippen LogP contribution in [0.1, 0.15) is 34.5 Å². The lowest BCUT2D eigenvalue weighted by molar-refractivity contribution is 0.0719. The Kier molecular flexibility index (Phi) is 7.62. The van der Waals surface area contributed by atoms with Gasteiger partial charge in [-0.25, -0.2) is 13.2 Å². The molecule has 0 aromatic heterocycles. The van der Waals surface area contributed by atoms with Crippen LogP contribution in [-0.2, 0) is 16.4 Å². The third kappa shape index (κ3) is 5.39. The lowest BCUT2D eigenvalue weighted by Crippen LogP contribution is -2.34. The normalized spacial score (nSPS) is 13.9. The lowest BCUT2D eigenvalue weighted by Gasteiger charge is -2.28. The second kappa shape index (κ2) is 10.1. The zero-order valence-corrected chi connectivity index (χ0v) is 21.3. The van der Waals surface area contributed by atoms with Gasteiger partial charge >= 0.3 is 6.03 Å². The van der Waals surface area contributed by atoms with Gasteiger partial charge in [-0.2, -0.15) is 0 Å². The largest absolute Gasteiger partial charge is 0.493 e. The van der Waals surface area contributed by atoms with Gasteiger partial charge in [0.25, 0.3) is 5.91 Å². The summed E-state index contributed by atoms with van der Waals surface area (Å²) in [6.45, 7) is 2.30. The molecule has 34 heavy (non-hydrogen) atoms. The van der Waals surface area contributed by atoms with Gasteiger partial charge in [-0.15, -0.1) is 0 Å². The Morgan fingerprint density at radius 3 is 2.53 bits per heavy atom. The van der Waals surface area contributed by atoms with E-state index in [0.29, 0.717) is 39.9 Å². The summed E-state index contributed by atoms with van der Waals surface area (Å²) in [5.74, 6) is 0.217. The highest BCUT2D eigenvalue weighted by Gasteiger charge is 2.38. The van der Waals surface area contributed by atoms with E-state index >= 15 is 0 Å². The van der Waals surface area contributed by atoms with E-state index in [9.17, 15) is 18.0 Å². The average molecular weight is 510 g/mol. The molecule has 1 heterocycles. The minimum absolute atomic E-state index is 0.0921. The first-order valence-corrected chi connectivity index (χ1v) is 13.0. The van der Waals surface area contributed by atoms with E-state index in [-0.39, 0.29) is 17.9 Å². The fraction of sp³-hybridized carbons (Fsp3) is 0.391. The van der Waals surface area contributed by atoms with Gasteiger partial charge in [-0.1, -0.05) is 17.7 Å². The molecule has 0 aliphatic carbocycles. The molecule has 9 nitrogen and oxygen atoms in total. The summed E-state index contributed by atoms with van der Waals surface area (Å²) < 4.78 is 35.7. The van der Waals surface area contributed by atoms with Crippen molar-refractivity contribution in [3.8, 4) is 11.5 Å². The zero-order chi connectivity index (χ0) is 25.2. The number of urea groups is 1. The number of ether oxygens (including phenoxy) is 2. The van der Waals surface area contributed by atoms with Gasteiger partial charge in [0, 0.05) is 37.5 Å². The van der Waals surface area contributed by atoms with E-state index in [1.165, 1.54) is 16.9 Å². The Hall–Kier alpha value is -2.98. The number of nitrogens with one attached hydrogen (secondary N) is 1. The first-order valence-electron chi connectivity index (χ1n) is 10.6. The number of anilines is 1. The van der Waals surface area contributed by atoms with Crippen molar-refractivity contribution in [3.05, 3.63) is 52.0 Å². The maximum Gasteiger partial charge on any atom is 0.321 e. The van der Waals surface area contributed by atoms with Crippen molar-refractivity contribution in [3.63, 3.8) is 0 Å². The summed E-state index contributed by atoms with van der Waals surface area (Å²) in [6.07, 6.45) is 1.12. The molecule has 1 atom stereocenters. The topological polar surface area (TPSA) is 105 Å². The number of methoxy groups -OCH3 is 1. The van der Waals surface area contributed by atoms with E-state index in [2.05, 4.69) is 5.32 Å². The van der Waals surface area contributed by atoms with Gasteiger partial charge in [0.15, 0.2) is 11.5 Å². The van der Waals surface area contributed by atoms with Crippen LogP contribution >= 0.6 is 11.6 Å². The van der Waals surface area contributed by atoms with Crippen molar-refractivity contribution < 1.29 is 27.5 Å². The van der Waals surface area contributed by atoms with E-state index in [1.54, 1.807) is 44.4 Å². The molecule has 1 aliphatic rings. The summed E-state index contributed by atoms with van der Waals surface area (Å²) in [5, 5.41) is 3.07. The number of rotatable bonds is 8. The maximum atomic E-state index is 13.6. The average Bonchev–Trinajstić information content (AvgIpc) is 3.11. The number of hydrogen-bond acceptors (Lipinski definition) is 6. The lowest BCUT2D eigenvalue weighted by atomic mass is 10.1. The third-order valence-electron chi connectivity index (χ3n) is 5.42. The molecule has 0 spiro atoms. The molecule has 3 amide bonds. The molecule has 1 N–H and O–H groups in total. The number of nitrogens with zero attached hydrogens (tertiary/aromatic N) is 2. The predicted octanol–water partition coefficient (Wildman–Crippen LogP) is 3.58. The summed E-state index contributed by atoms with van der Waals surface area (Å²) in [6, 6.07) is 7.03. The molecular formula is C23H28ClN3O6S. The minimum atomic E-state index is -3.49. The Morgan fingerprint density at radius 1 is 1.24 bits per heavy atom. The Bertz CT molecular complexity index is 1220. The van der Waals surface area contributed by atoms with Crippen LogP contribution in [0.4, 0.5) is 10.5 Å². The molecule has 0 radical (unpaired) electrons. The molecular weight excluding hydrogens is 482 g/mol. The fourth-order valence-electron chi connectivity index (χ4n) is 3.81. The van der Waals surface area contributed by atoms with Crippen molar-refractivity contribution in [2.45, 2.75) is 19.5 Å². The van der Waals surface area contributed by atoms with Gasteiger partial charge in [-0.05, 0) is 36.8 Å². The summed E-state index contributed by atoms with van der Waals surface area (Å²) in [5.41, 5.74) is 1.67. The summed E-state index contributed by atoms with van der Waals surface area (Å²) in [4.78, 5) is 28.6. The number of fused-ring (bicyclic) bond motifs is 1. The molecule has 0 fully saturated rings. The highest BCUT2D eigenvalue weighted by atomic mass is 35.5. The van der Waals surface area contributed by atoms with Crippen LogP contribution in [0.25, 0.3) is 0 Å². The molecule has 2 aromatic carbocycles. The Labute approximate surface area is 204 Å². The molecule has 2 aromatic rings. The first-order chi connectivity index (χ1) is 16.0. The molecule has 0 saturated carbocycles. The standard InChI is InChI=1S/C23H28ClN3O6S/c1-6-33-20-11-14(7-10-19(20)32-4)18(13-34(5,30)31)27-12-15-16(24)8-9-17(21(15)22(27)28)25-23(29)26(2)3/h7-11,18H,6,12-13H2,1-5H3,(H,25,29)/t18-/m0/s1. The second-order valence-corrected chi connectivity index (χ2v) is 10.7. The van der Waals surface area contributed by atoms with Gasteiger partial charge in [0.05, 0.1) is 36.8 Å². The number of benzene rings is 2. The summed E-state index contributed by atoms with van der Waals surface area (Å²) in [7, 11) is 1.19. The number of carbonyl (C=O) groups excluding carboxylic acids is 2. The Morgan fingerprint density at radius 2 is 1.94 bits per heavy atom. The van der Waals surface area contributed by atoms with Crippen LogP contribution in [0.15, 0.2) is 30.3 Å². The second-order valence-electron chi connectivity index (χ2n) is 8.16. The van der Waals surface area contributed by atoms with Crippen molar-refractivity contribution in [1.82, 2.24) is 9.80 Å². The smallest absolute Gasteiger partial charge is 0.321 e. The van der Waals surface area contributed by atoms with E-state index < -0.39 is 27.8 Å². The van der Waals surface area contributed by atoms with Crippen LogP contribution in [0.2, 0.25) is 5.02 Å². The molecule has 1 aliphatic heterocycles. The SMILES string of the molecule is CCOc1cc([C@H](CS(C)(=O)=O)N2Cc3c(Cl)ccc(NC(=O)N(C)C)c3C2=O)ccc1OC. The third-order valence-corrected chi connectivity index (χ3v) is 6.69. The molecule has 11 heteroatoms. The van der Waals surface area contributed by atoms with Gasteiger partial charge in [0.2, 0.25) is 0 Å². The number of halogens is 1. The molecule has 0 unspecified atom stereocenters. The summed E-state index contributed by atoms with van der Waals surface area (Å²) >= 11 is 6.40. The Balaban J connectivity index is 2.08. The van der Waals surface area contributed by atoms with E-state index in [4.69, 9.17) is 21.1 Å². The number of carbonyl (C=O) groups is 2. The number of hydrogen-bond donors (Lipinski definition) is 1. The van der Waals surface area contributed by atoms with Crippen LogP contribution in [0, 0.1) is 0 Å². The van der Waals surface area contributed by atoms with Crippen molar-refractivity contribution in [2.75, 3.05) is 45.1 Å². The minimum Gasteiger partial charge on any atom is -0.493 e. The first kappa shape index (κ1) is 25.6. The maximum absolute atomic E-state index is 13.6. The quantitative estimate of drug-likeness (QED) is 0.583. The number of amides is 3. The van der Waals surface area contributed by atoms with Crippen molar-refractivity contribution in [2.24, 2.45) is 0 Å². The molecule has 184 valence electrons. The molecule has 0 saturated heterocycles. The van der Waals surface area contributed by atoms with E-state index in [0.717, 1.165) is 6.26 Å².